The number of hydrogen-bond acceptors (Lipinski definition) is 4. The lowest BCUT2D eigenvalue weighted by Crippen LogP contribution is -2.02. The van der Waals surface area contributed by atoms with Gasteiger partial charge in [0, 0.05) is 22.3 Å². The molecule has 0 radical (unpaired) electrons. The van der Waals surface area contributed by atoms with Crippen LogP contribution in [0.2, 0.25) is 0 Å². The molecule has 2 aliphatic carbocycles. The Balaban J connectivity index is 1.43. The minimum Gasteiger partial charge on any atom is -0.494 e. The van der Waals surface area contributed by atoms with Crippen molar-refractivity contribution < 1.29 is 20.4 Å². The van der Waals surface area contributed by atoms with Gasteiger partial charge < -0.3 is 20.4 Å². The van der Waals surface area contributed by atoms with Crippen LogP contribution in [0.3, 0.4) is 0 Å². The molecule has 30 heavy (non-hydrogen) atoms. The van der Waals surface area contributed by atoms with Gasteiger partial charge in [0.05, 0.1) is 13.1 Å². The normalized spacial score (nSPS) is 14.7. The second-order valence-electron chi connectivity index (χ2n) is 7.96. The lowest BCUT2D eigenvalue weighted by molar-refractivity contribution is 0.374. The molecule has 2 aliphatic rings. The topological polar surface area (TPSA) is 90.8 Å². The fourth-order valence-electron chi connectivity index (χ4n) is 4.55. The predicted octanol–water partition coefficient (Wildman–Crippen LogP) is 3.52. The van der Waals surface area contributed by atoms with Crippen molar-refractivity contribution in [1.82, 2.24) is 9.13 Å². The summed E-state index contributed by atoms with van der Waals surface area (Å²) >= 11 is 0. The molecular formula is C24H24N2O4. The van der Waals surface area contributed by atoms with Crippen molar-refractivity contribution in [2.45, 2.75) is 38.8 Å². The molecule has 5 rings (SSSR count). The van der Waals surface area contributed by atoms with Crippen molar-refractivity contribution in [2.24, 2.45) is 0 Å². The van der Waals surface area contributed by atoms with Gasteiger partial charge in [-0.3, -0.25) is 9.13 Å². The van der Waals surface area contributed by atoms with E-state index in [1.165, 1.54) is 9.13 Å². The Morgan fingerprint density at radius 1 is 0.567 bits per heavy atom. The van der Waals surface area contributed by atoms with E-state index in [0.717, 1.165) is 33.4 Å². The molecule has 6 heteroatoms. The average Bonchev–Trinajstić information content (AvgIpc) is 3.15. The Bertz CT molecular complexity index is 1040. The van der Waals surface area contributed by atoms with Crippen molar-refractivity contribution in [1.29, 1.82) is 0 Å². The summed E-state index contributed by atoms with van der Waals surface area (Å²) in [5.74, 6) is 0.438. The molecule has 0 spiro atoms. The SMILES string of the molecule is Oc1c2c(c(O)n1Cc1cccc(Cn3c(O)c4c(c3O)CC=CC4)c1)CC=CC2. The third kappa shape index (κ3) is 2.87. The van der Waals surface area contributed by atoms with E-state index in [1.807, 2.05) is 48.6 Å². The van der Waals surface area contributed by atoms with Gasteiger partial charge >= 0.3 is 0 Å². The van der Waals surface area contributed by atoms with Crippen LogP contribution in [0, 0.1) is 0 Å². The van der Waals surface area contributed by atoms with Crippen LogP contribution >= 0.6 is 0 Å². The Hall–Kier alpha value is -3.54. The van der Waals surface area contributed by atoms with Crippen LogP contribution in [-0.4, -0.2) is 29.6 Å². The third-order valence-corrected chi connectivity index (χ3v) is 6.12. The van der Waals surface area contributed by atoms with Crippen molar-refractivity contribution >= 4 is 0 Å². The minimum absolute atomic E-state index is 0.109. The van der Waals surface area contributed by atoms with Crippen LogP contribution in [0.15, 0.2) is 48.6 Å². The average molecular weight is 404 g/mol. The van der Waals surface area contributed by atoms with Crippen molar-refractivity contribution in [3.05, 3.63) is 82.0 Å². The highest BCUT2D eigenvalue weighted by Gasteiger charge is 2.24. The first kappa shape index (κ1) is 18.5. The summed E-state index contributed by atoms with van der Waals surface area (Å²) in [6.45, 7) is 0.672. The van der Waals surface area contributed by atoms with Crippen LogP contribution in [0.5, 0.6) is 23.5 Å². The predicted molar refractivity (Wildman–Crippen MR) is 113 cm³/mol. The number of hydrogen-bond donors (Lipinski definition) is 4. The molecule has 0 atom stereocenters. The van der Waals surface area contributed by atoms with Gasteiger partial charge in [0.2, 0.25) is 0 Å². The number of aromatic hydroxyl groups is 4. The van der Waals surface area contributed by atoms with E-state index in [1.54, 1.807) is 0 Å². The molecule has 2 aromatic heterocycles. The minimum atomic E-state index is 0.109. The van der Waals surface area contributed by atoms with Gasteiger partial charge in [-0.2, -0.15) is 0 Å². The highest BCUT2D eigenvalue weighted by molar-refractivity contribution is 5.51. The molecule has 3 aromatic rings. The lowest BCUT2D eigenvalue weighted by atomic mass is 10.0. The van der Waals surface area contributed by atoms with E-state index in [4.69, 9.17) is 0 Å². The molecule has 154 valence electrons. The van der Waals surface area contributed by atoms with Crippen molar-refractivity contribution in [3.63, 3.8) is 0 Å². The van der Waals surface area contributed by atoms with Crippen LogP contribution in [0.4, 0.5) is 0 Å². The zero-order valence-electron chi connectivity index (χ0n) is 16.5. The maximum atomic E-state index is 10.6. The van der Waals surface area contributed by atoms with Gasteiger partial charge in [0.1, 0.15) is 0 Å². The Morgan fingerprint density at radius 2 is 0.900 bits per heavy atom. The zero-order valence-corrected chi connectivity index (χ0v) is 16.5. The van der Waals surface area contributed by atoms with Crippen molar-refractivity contribution in [3.8, 4) is 23.5 Å². The molecule has 0 saturated heterocycles. The standard InChI is InChI=1S/C24H24N2O4/c27-21-17-8-1-2-9-18(17)22(28)25(21)13-15-6-5-7-16(12-15)14-26-23(29)19-10-3-4-11-20(19)24(26)30/h1-7,12,27-30H,8-11,13-14H2. The van der Waals surface area contributed by atoms with Gasteiger partial charge in [0.25, 0.3) is 0 Å². The van der Waals surface area contributed by atoms with Gasteiger partial charge in [-0.15, -0.1) is 0 Å². The molecular weight excluding hydrogens is 380 g/mol. The van der Waals surface area contributed by atoms with Crippen LogP contribution in [0.25, 0.3) is 0 Å². The second kappa shape index (κ2) is 7.06. The summed E-state index contributed by atoms with van der Waals surface area (Å²) < 4.78 is 3.07. The van der Waals surface area contributed by atoms with Gasteiger partial charge in [0.15, 0.2) is 23.5 Å². The number of benzene rings is 1. The largest absolute Gasteiger partial charge is 0.494 e. The van der Waals surface area contributed by atoms with E-state index in [0.29, 0.717) is 38.8 Å². The molecule has 2 heterocycles. The molecule has 0 aliphatic heterocycles. The summed E-state index contributed by atoms with van der Waals surface area (Å²) in [5, 5.41) is 42.3. The number of nitrogens with zero attached hydrogens (tertiary/aromatic N) is 2. The molecule has 0 fully saturated rings. The molecule has 0 saturated carbocycles. The highest BCUT2D eigenvalue weighted by atomic mass is 16.3. The molecule has 0 unspecified atom stereocenters. The zero-order chi connectivity index (χ0) is 20.8. The fraction of sp³-hybridized carbons (Fsp3) is 0.250. The van der Waals surface area contributed by atoms with E-state index >= 15 is 0 Å². The summed E-state index contributed by atoms with van der Waals surface area (Å²) in [7, 11) is 0. The summed E-state index contributed by atoms with van der Waals surface area (Å²) in [6, 6.07) is 7.74. The first-order valence-electron chi connectivity index (χ1n) is 10.2. The first-order chi connectivity index (χ1) is 14.5. The number of rotatable bonds is 4. The summed E-state index contributed by atoms with van der Waals surface area (Å²) in [4.78, 5) is 0. The van der Waals surface area contributed by atoms with E-state index in [2.05, 4.69) is 0 Å². The molecule has 4 N–H and O–H groups in total. The molecule has 0 bridgehead atoms. The number of allylic oxidation sites excluding steroid dienone is 4. The number of fused-ring (bicyclic) bond motifs is 2. The molecule has 0 amide bonds. The molecule has 1 aromatic carbocycles. The maximum Gasteiger partial charge on any atom is 0.198 e. The number of aromatic nitrogens is 2. The van der Waals surface area contributed by atoms with Gasteiger partial charge in [-0.1, -0.05) is 48.6 Å². The van der Waals surface area contributed by atoms with Crippen LogP contribution in [-0.2, 0) is 38.8 Å². The quantitative estimate of drug-likeness (QED) is 0.501. The summed E-state index contributed by atoms with van der Waals surface area (Å²) in [5.41, 5.74) is 4.96. The third-order valence-electron chi connectivity index (χ3n) is 6.12. The van der Waals surface area contributed by atoms with E-state index < -0.39 is 0 Å². The van der Waals surface area contributed by atoms with Crippen LogP contribution < -0.4 is 0 Å². The highest BCUT2D eigenvalue weighted by Crippen LogP contribution is 2.38. The summed E-state index contributed by atoms with van der Waals surface area (Å²) in [6.07, 6.45) is 10.5. The van der Waals surface area contributed by atoms with Crippen molar-refractivity contribution in [2.75, 3.05) is 0 Å². The van der Waals surface area contributed by atoms with Gasteiger partial charge in [-0.25, -0.2) is 0 Å². The lowest BCUT2D eigenvalue weighted by Gasteiger charge is -2.11. The fourth-order valence-corrected chi connectivity index (χ4v) is 4.55. The van der Waals surface area contributed by atoms with E-state index in [-0.39, 0.29) is 23.5 Å². The maximum absolute atomic E-state index is 10.6. The smallest absolute Gasteiger partial charge is 0.198 e. The Morgan fingerprint density at radius 3 is 1.23 bits per heavy atom. The second-order valence-corrected chi connectivity index (χ2v) is 7.96. The van der Waals surface area contributed by atoms with Crippen LogP contribution in [0.1, 0.15) is 33.4 Å². The van der Waals surface area contributed by atoms with Gasteiger partial charge in [-0.05, 0) is 36.8 Å². The molecule has 6 nitrogen and oxygen atoms in total. The van der Waals surface area contributed by atoms with E-state index in [9.17, 15) is 20.4 Å². The first-order valence-corrected chi connectivity index (χ1v) is 10.2. The monoisotopic (exact) mass is 404 g/mol. The Labute approximate surface area is 174 Å². The Kier molecular flexibility index (Phi) is 4.35.